The van der Waals surface area contributed by atoms with Crippen molar-refractivity contribution in [1.29, 1.82) is 0 Å². The van der Waals surface area contributed by atoms with Gasteiger partial charge in [0.25, 0.3) is 0 Å². The fourth-order valence-corrected chi connectivity index (χ4v) is 1.92. The van der Waals surface area contributed by atoms with Gasteiger partial charge in [0.1, 0.15) is 5.75 Å². The lowest BCUT2D eigenvalue weighted by Gasteiger charge is -2.06. The number of carbonyl (C=O) groups is 1. The molecule has 2 rings (SSSR count). The molecule has 0 aliphatic heterocycles. The molecule has 20 heavy (non-hydrogen) atoms. The Hall–Kier alpha value is -2.23. The largest absolute Gasteiger partial charge is 0.493 e. The average Bonchev–Trinajstić information content (AvgIpc) is 2.86. The van der Waals surface area contributed by atoms with Crippen LogP contribution in [0.5, 0.6) is 5.75 Å². The summed E-state index contributed by atoms with van der Waals surface area (Å²) in [6, 6.07) is 11.6. The van der Waals surface area contributed by atoms with Crippen molar-refractivity contribution in [3.63, 3.8) is 0 Å². The summed E-state index contributed by atoms with van der Waals surface area (Å²) in [5.74, 6) is 0.821. The minimum atomic E-state index is 0.0249. The summed E-state index contributed by atoms with van der Waals surface area (Å²) in [5.41, 5.74) is 1.23. The maximum atomic E-state index is 11.6. The highest BCUT2D eigenvalue weighted by Gasteiger charge is 2.02. The first-order valence-corrected chi connectivity index (χ1v) is 6.79. The van der Waals surface area contributed by atoms with Crippen molar-refractivity contribution in [2.75, 3.05) is 13.2 Å². The molecule has 0 saturated heterocycles. The SMILES string of the molecule is Cn1ccc(CCNC(=O)CCOc2ccccc2)c1. The molecule has 1 amide bonds. The lowest BCUT2D eigenvalue weighted by atomic mass is 10.2. The fraction of sp³-hybridized carbons (Fsp3) is 0.312. The van der Waals surface area contributed by atoms with Gasteiger partial charge in [0.15, 0.2) is 0 Å². The van der Waals surface area contributed by atoms with E-state index in [0.717, 1.165) is 12.2 Å². The van der Waals surface area contributed by atoms with Crippen LogP contribution in [0.2, 0.25) is 0 Å². The summed E-state index contributed by atoms with van der Waals surface area (Å²) < 4.78 is 7.49. The second-order valence-electron chi connectivity index (χ2n) is 4.70. The van der Waals surface area contributed by atoms with Crippen molar-refractivity contribution < 1.29 is 9.53 Å². The number of carbonyl (C=O) groups excluding carboxylic acids is 1. The van der Waals surface area contributed by atoms with Crippen molar-refractivity contribution >= 4 is 5.91 Å². The highest BCUT2D eigenvalue weighted by molar-refractivity contribution is 5.75. The third-order valence-corrected chi connectivity index (χ3v) is 2.97. The zero-order chi connectivity index (χ0) is 14.2. The van der Waals surface area contributed by atoms with Gasteiger partial charge in [0.05, 0.1) is 13.0 Å². The highest BCUT2D eigenvalue weighted by Crippen LogP contribution is 2.08. The number of para-hydroxylation sites is 1. The van der Waals surface area contributed by atoms with Gasteiger partial charge in [0, 0.05) is 26.0 Å². The maximum absolute atomic E-state index is 11.6. The molecule has 0 radical (unpaired) electrons. The van der Waals surface area contributed by atoms with Gasteiger partial charge in [-0.1, -0.05) is 18.2 Å². The molecule has 0 aliphatic rings. The molecule has 1 heterocycles. The van der Waals surface area contributed by atoms with Crippen LogP contribution in [-0.2, 0) is 18.3 Å². The van der Waals surface area contributed by atoms with Gasteiger partial charge in [-0.05, 0) is 30.2 Å². The van der Waals surface area contributed by atoms with Gasteiger partial charge in [-0.15, -0.1) is 0 Å². The minimum absolute atomic E-state index is 0.0249. The summed E-state index contributed by atoms with van der Waals surface area (Å²) in [6.45, 7) is 1.06. The molecular weight excluding hydrogens is 252 g/mol. The van der Waals surface area contributed by atoms with E-state index in [1.165, 1.54) is 5.56 Å². The first-order valence-electron chi connectivity index (χ1n) is 6.79. The van der Waals surface area contributed by atoms with E-state index in [1.54, 1.807) is 0 Å². The van der Waals surface area contributed by atoms with E-state index >= 15 is 0 Å². The van der Waals surface area contributed by atoms with E-state index in [-0.39, 0.29) is 5.91 Å². The molecule has 0 atom stereocenters. The number of aromatic nitrogens is 1. The molecule has 0 bridgehead atoms. The molecular formula is C16H20N2O2. The summed E-state index contributed by atoms with van der Waals surface area (Å²) in [6.07, 6.45) is 5.30. The Labute approximate surface area is 119 Å². The number of nitrogens with one attached hydrogen (secondary N) is 1. The predicted molar refractivity (Wildman–Crippen MR) is 78.7 cm³/mol. The molecule has 4 heteroatoms. The lowest BCUT2D eigenvalue weighted by molar-refractivity contribution is -0.121. The Bertz CT molecular complexity index is 534. The number of hydrogen-bond donors (Lipinski definition) is 1. The Morgan fingerprint density at radius 3 is 2.75 bits per heavy atom. The summed E-state index contributed by atoms with van der Waals surface area (Å²) >= 11 is 0. The van der Waals surface area contributed by atoms with Gasteiger partial charge in [-0.3, -0.25) is 4.79 Å². The molecule has 1 aromatic heterocycles. The summed E-state index contributed by atoms with van der Waals surface area (Å²) in [5, 5.41) is 2.90. The minimum Gasteiger partial charge on any atom is -0.493 e. The Morgan fingerprint density at radius 2 is 2.05 bits per heavy atom. The van der Waals surface area contributed by atoms with Crippen LogP contribution in [0, 0.1) is 0 Å². The molecule has 0 aliphatic carbocycles. The van der Waals surface area contributed by atoms with E-state index in [0.29, 0.717) is 19.6 Å². The van der Waals surface area contributed by atoms with E-state index in [9.17, 15) is 4.79 Å². The number of benzene rings is 1. The van der Waals surface area contributed by atoms with Crippen LogP contribution < -0.4 is 10.1 Å². The second-order valence-corrected chi connectivity index (χ2v) is 4.70. The van der Waals surface area contributed by atoms with Crippen LogP contribution in [0.15, 0.2) is 48.8 Å². The molecule has 106 valence electrons. The standard InChI is InChI=1S/C16H20N2O2/c1-18-11-8-14(13-18)7-10-17-16(19)9-12-20-15-5-3-2-4-6-15/h2-6,8,11,13H,7,9-10,12H2,1H3,(H,17,19). The van der Waals surface area contributed by atoms with E-state index in [4.69, 9.17) is 4.74 Å². The number of hydrogen-bond acceptors (Lipinski definition) is 2. The molecule has 0 saturated carbocycles. The van der Waals surface area contributed by atoms with Gasteiger partial charge < -0.3 is 14.6 Å². The van der Waals surface area contributed by atoms with Crippen LogP contribution in [0.1, 0.15) is 12.0 Å². The van der Waals surface area contributed by atoms with Crippen LogP contribution in [-0.4, -0.2) is 23.6 Å². The smallest absolute Gasteiger partial charge is 0.223 e. The normalized spacial score (nSPS) is 10.2. The lowest BCUT2D eigenvalue weighted by Crippen LogP contribution is -2.26. The molecule has 0 spiro atoms. The molecule has 4 nitrogen and oxygen atoms in total. The van der Waals surface area contributed by atoms with Crippen molar-refractivity contribution in [2.45, 2.75) is 12.8 Å². The number of amides is 1. The van der Waals surface area contributed by atoms with Crippen molar-refractivity contribution in [2.24, 2.45) is 7.05 Å². The molecule has 1 aromatic carbocycles. The van der Waals surface area contributed by atoms with Crippen molar-refractivity contribution in [1.82, 2.24) is 9.88 Å². The third kappa shape index (κ3) is 4.80. The number of nitrogens with zero attached hydrogens (tertiary/aromatic N) is 1. The highest BCUT2D eigenvalue weighted by atomic mass is 16.5. The van der Waals surface area contributed by atoms with Gasteiger partial charge in [-0.2, -0.15) is 0 Å². The van der Waals surface area contributed by atoms with Crippen LogP contribution in [0.3, 0.4) is 0 Å². The summed E-state index contributed by atoms with van der Waals surface area (Å²) in [4.78, 5) is 11.6. The Morgan fingerprint density at radius 1 is 1.25 bits per heavy atom. The van der Waals surface area contributed by atoms with Crippen molar-refractivity contribution in [3.8, 4) is 5.75 Å². The van der Waals surface area contributed by atoms with E-state index < -0.39 is 0 Å². The van der Waals surface area contributed by atoms with Crippen LogP contribution in [0.4, 0.5) is 0 Å². The topological polar surface area (TPSA) is 43.3 Å². The number of aryl methyl sites for hydroxylation is 1. The van der Waals surface area contributed by atoms with Crippen LogP contribution >= 0.6 is 0 Å². The van der Waals surface area contributed by atoms with E-state index in [1.807, 2.05) is 48.1 Å². The van der Waals surface area contributed by atoms with Crippen molar-refractivity contribution in [3.05, 3.63) is 54.4 Å². The van der Waals surface area contributed by atoms with Crippen LogP contribution in [0.25, 0.3) is 0 Å². The first kappa shape index (κ1) is 14.2. The number of ether oxygens (including phenoxy) is 1. The monoisotopic (exact) mass is 272 g/mol. The average molecular weight is 272 g/mol. The molecule has 1 N–H and O–H groups in total. The quantitative estimate of drug-likeness (QED) is 0.839. The third-order valence-electron chi connectivity index (χ3n) is 2.97. The second kappa shape index (κ2) is 7.38. The van der Waals surface area contributed by atoms with Gasteiger partial charge in [-0.25, -0.2) is 0 Å². The molecule has 0 fully saturated rings. The first-order chi connectivity index (χ1) is 9.74. The van der Waals surface area contributed by atoms with E-state index in [2.05, 4.69) is 17.6 Å². The fourth-order valence-electron chi connectivity index (χ4n) is 1.92. The Balaban J connectivity index is 1.59. The van der Waals surface area contributed by atoms with Gasteiger partial charge >= 0.3 is 0 Å². The zero-order valence-corrected chi connectivity index (χ0v) is 11.7. The predicted octanol–water partition coefficient (Wildman–Crippen LogP) is 2.15. The molecule has 0 unspecified atom stereocenters. The van der Waals surface area contributed by atoms with Gasteiger partial charge in [0.2, 0.25) is 5.91 Å². The maximum Gasteiger partial charge on any atom is 0.223 e. The summed E-state index contributed by atoms with van der Waals surface area (Å²) in [7, 11) is 1.99. The Kier molecular flexibility index (Phi) is 5.24. The zero-order valence-electron chi connectivity index (χ0n) is 11.7. The number of rotatable bonds is 7. The molecule has 2 aromatic rings.